The largest absolute Gasteiger partial charge is 0.489 e. The molecule has 0 radical (unpaired) electrons. The van der Waals surface area contributed by atoms with E-state index in [1.165, 1.54) is 12.8 Å². The summed E-state index contributed by atoms with van der Waals surface area (Å²) in [6, 6.07) is 4.21. The molecular formula is C24H26ClF3N4OS. The lowest BCUT2D eigenvalue weighted by atomic mass is 9.88. The highest BCUT2D eigenvalue weighted by atomic mass is 35.5. The number of aromatic nitrogens is 3. The van der Waals surface area contributed by atoms with Gasteiger partial charge in [0.25, 0.3) is 0 Å². The van der Waals surface area contributed by atoms with Crippen LogP contribution in [0.5, 0.6) is 5.75 Å². The number of likely N-dealkylation sites (tertiary alicyclic amines) is 1. The van der Waals surface area contributed by atoms with Crippen molar-refractivity contribution < 1.29 is 17.4 Å². The SMILES string of the molecule is FSCCOc1c(F)ccc(F)c1C1CCN(Cc2ccn3c(CC4CC4)nnc3c2Cl)CC1. The van der Waals surface area contributed by atoms with Gasteiger partial charge in [0.1, 0.15) is 11.6 Å². The number of benzene rings is 1. The third-order valence-electron chi connectivity index (χ3n) is 6.73. The Balaban J connectivity index is 1.26. The molecule has 0 spiro atoms. The Morgan fingerprint density at radius 1 is 1.06 bits per heavy atom. The Morgan fingerprint density at radius 3 is 2.56 bits per heavy atom. The Labute approximate surface area is 205 Å². The number of ether oxygens (including phenoxy) is 1. The maximum atomic E-state index is 14.7. The number of halogens is 4. The van der Waals surface area contributed by atoms with E-state index in [2.05, 4.69) is 15.1 Å². The van der Waals surface area contributed by atoms with E-state index in [9.17, 15) is 12.7 Å². The predicted octanol–water partition coefficient (Wildman–Crippen LogP) is 5.99. The van der Waals surface area contributed by atoms with Crippen LogP contribution in [0.25, 0.3) is 5.65 Å². The molecule has 1 aliphatic carbocycles. The lowest BCUT2D eigenvalue weighted by molar-refractivity contribution is 0.200. The van der Waals surface area contributed by atoms with Gasteiger partial charge in [-0.15, -0.1) is 10.2 Å². The summed E-state index contributed by atoms with van der Waals surface area (Å²) in [5.41, 5.74) is 1.91. The van der Waals surface area contributed by atoms with Crippen LogP contribution in [0.2, 0.25) is 5.02 Å². The van der Waals surface area contributed by atoms with Crippen molar-refractivity contribution in [3.8, 4) is 5.75 Å². The molecule has 182 valence electrons. The molecule has 2 aliphatic rings. The number of hydrogen-bond acceptors (Lipinski definition) is 5. The number of nitrogens with zero attached hydrogens (tertiary/aromatic N) is 4. The first-order valence-electron chi connectivity index (χ1n) is 11.6. The first-order chi connectivity index (χ1) is 16.5. The van der Waals surface area contributed by atoms with Gasteiger partial charge in [-0.05, 0) is 74.4 Å². The minimum atomic E-state index is -0.614. The molecule has 5 nitrogen and oxygen atoms in total. The van der Waals surface area contributed by atoms with Gasteiger partial charge in [0.15, 0.2) is 17.2 Å². The van der Waals surface area contributed by atoms with Crippen molar-refractivity contribution in [2.24, 2.45) is 5.92 Å². The number of piperidine rings is 1. The molecule has 0 atom stereocenters. The van der Waals surface area contributed by atoms with Gasteiger partial charge in [0.2, 0.25) is 0 Å². The van der Waals surface area contributed by atoms with Crippen molar-refractivity contribution >= 4 is 29.4 Å². The van der Waals surface area contributed by atoms with Gasteiger partial charge in [-0.3, -0.25) is 9.30 Å². The topological polar surface area (TPSA) is 42.7 Å². The third-order valence-corrected chi connectivity index (χ3v) is 7.46. The van der Waals surface area contributed by atoms with E-state index < -0.39 is 11.6 Å². The molecule has 1 saturated heterocycles. The van der Waals surface area contributed by atoms with Crippen molar-refractivity contribution in [3.63, 3.8) is 0 Å². The maximum absolute atomic E-state index is 14.7. The van der Waals surface area contributed by atoms with Crippen LogP contribution in [0.15, 0.2) is 24.4 Å². The first-order valence-corrected chi connectivity index (χ1v) is 12.9. The van der Waals surface area contributed by atoms with Crippen LogP contribution < -0.4 is 4.74 Å². The zero-order valence-electron chi connectivity index (χ0n) is 18.7. The van der Waals surface area contributed by atoms with Gasteiger partial charge in [-0.1, -0.05) is 11.6 Å². The van der Waals surface area contributed by atoms with Crippen molar-refractivity contribution in [2.75, 3.05) is 25.4 Å². The van der Waals surface area contributed by atoms with Gasteiger partial charge in [0, 0.05) is 36.9 Å². The third kappa shape index (κ3) is 5.02. The van der Waals surface area contributed by atoms with E-state index in [0.29, 0.717) is 49.1 Å². The van der Waals surface area contributed by atoms with E-state index in [-0.39, 0.29) is 41.7 Å². The van der Waals surface area contributed by atoms with Crippen LogP contribution in [0.4, 0.5) is 12.7 Å². The molecule has 34 heavy (non-hydrogen) atoms. The van der Waals surface area contributed by atoms with Crippen LogP contribution in [-0.2, 0) is 13.0 Å². The molecule has 1 aromatic carbocycles. The van der Waals surface area contributed by atoms with Crippen LogP contribution in [0, 0.1) is 17.6 Å². The van der Waals surface area contributed by atoms with Crippen molar-refractivity contribution in [1.82, 2.24) is 19.5 Å². The number of rotatable bonds is 9. The Morgan fingerprint density at radius 2 is 1.82 bits per heavy atom. The maximum Gasteiger partial charge on any atom is 0.179 e. The predicted molar refractivity (Wildman–Crippen MR) is 127 cm³/mol. The second-order valence-corrected chi connectivity index (χ2v) is 10.1. The molecule has 2 fully saturated rings. The summed E-state index contributed by atoms with van der Waals surface area (Å²) >= 11 is 6.80. The van der Waals surface area contributed by atoms with Crippen molar-refractivity contribution in [1.29, 1.82) is 0 Å². The summed E-state index contributed by atoms with van der Waals surface area (Å²) < 4.78 is 48.8. The zero-order chi connectivity index (χ0) is 23.7. The summed E-state index contributed by atoms with van der Waals surface area (Å²) in [5, 5.41) is 9.25. The highest BCUT2D eigenvalue weighted by Crippen LogP contribution is 2.38. The van der Waals surface area contributed by atoms with E-state index in [4.69, 9.17) is 16.3 Å². The molecule has 3 aromatic rings. The van der Waals surface area contributed by atoms with E-state index in [1.807, 2.05) is 16.7 Å². The number of pyridine rings is 1. The summed E-state index contributed by atoms with van der Waals surface area (Å²) in [7, 11) is 0. The molecule has 0 N–H and O–H groups in total. The fourth-order valence-corrected chi connectivity index (χ4v) is 5.12. The number of fused-ring (bicyclic) bond motifs is 1. The van der Waals surface area contributed by atoms with Gasteiger partial charge in [0.05, 0.1) is 17.4 Å². The van der Waals surface area contributed by atoms with Crippen LogP contribution in [-0.4, -0.2) is 44.9 Å². The Hall–Kier alpha value is -1.97. The molecule has 0 unspecified atom stereocenters. The van der Waals surface area contributed by atoms with Crippen molar-refractivity contribution in [2.45, 2.75) is 44.6 Å². The molecular weight excluding hydrogens is 485 g/mol. The summed E-state index contributed by atoms with van der Waals surface area (Å²) in [4.78, 5) is 2.26. The quantitative estimate of drug-likeness (QED) is 0.331. The first kappa shape index (κ1) is 23.8. The minimum Gasteiger partial charge on any atom is -0.489 e. The summed E-state index contributed by atoms with van der Waals surface area (Å²) in [5.74, 6) is 0.375. The fourth-order valence-electron chi connectivity index (χ4n) is 4.72. The summed E-state index contributed by atoms with van der Waals surface area (Å²) in [6.07, 6.45) is 6.73. The minimum absolute atomic E-state index is 0.0145. The van der Waals surface area contributed by atoms with E-state index in [1.54, 1.807) is 0 Å². The Kier molecular flexibility index (Phi) is 7.22. The van der Waals surface area contributed by atoms with E-state index in [0.717, 1.165) is 29.9 Å². The van der Waals surface area contributed by atoms with Crippen LogP contribution in [0.1, 0.15) is 48.6 Å². The monoisotopic (exact) mass is 510 g/mol. The molecule has 10 heteroatoms. The van der Waals surface area contributed by atoms with Gasteiger partial charge >= 0.3 is 0 Å². The lowest BCUT2D eigenvalue weighted by Gasteiger charge is -2.33. The smallest absolute Gasteiger partial charge is 0.179 e. The lowest BCUT2D eigenvalue weighted by Crippen LogP contribution is -2.33. The molecule has 0 bridgehead atoms. The van der Waals surface area contributed by atoms with Gasteiger partial charge in [-0.25, -0.2) is 8.78 Å². The molecule has 1 aliphatic heterocycles. The van der Waals surface area contributed by atoms with Gasteiger partial charge < -0.3 is 4.74 Å². The second-order valence-electron chi connectivity index (χ2n) is 9.10. The van der Waals surface area contributed by atoms with Crippen LogP contribution in [0.3, 0.4) is 0 Å². The average Bonchev–Trinajstić information content (AvgIpc) is 3.56. The Bertz CT molecular complexity index is 1160. The normalized spacial score (nSPS) is 17.5. The zero-order valence-corrected chi connectivity index (χ0v) is 20.2. The second kappa shape index (κ2) is 10.3. The fraction of sp³-hybridized carbons (Fsp3) is 0.500. The molecule has 0 amide bonds. The average molecular weight is 511 g/mol. The van der Waals surface area contributed by atoms with Gasteiger partial charge in [-0.2, -0.15) is 3.89 Å². The van der Waals surface area contributed by atoms with Crippen molar-refractivity contribution in [3.05, 3.63) is 58.0 Å². The van der Waals surface area contributed by atoms with E-state index >= 15 is 0 Å². The summed E-state index contributed by atoms with van der Waals surface area (Å²) in [6.45, 7) is 2.05. The van der Waals surface area contributed by atoms with Crippen LogP contribution >= 0.6 is 23.7 Å². The highest BCUT2D eigenvalue weighted by molar-refractivity contribution is 7.94. The molecule has 3 heterocycles. The number of hydrogen-bond donors (Lipinski definition) is 0. The molecule has 1 saturated carbocycles. The molecule has 2 aromatic heterocycles. The standard InChI is InChI=1S/C24H26ClF3N4OS/c25-22-17(7-10-32-20(13-15-1-2-15)29-30-24(22)32)14-31-8-5-16(6-9-31)21-18(26)3-4-19(27)23(21)33-11-12-34-28/h3-4,7,10,15-16H,1-2,5-6,8-9,11-14H2. The molecule has 5 rings (SSSR count). The highest BCUT2D eigenvalue weighted by Gasteiger charge is 2.29.